The molecule has 0 saturated carbocycles. The van der Waals surface area contributed by atoms with Gasteiger partial charge in [0.15, 0.2) is 0 Å². The van der Waals surface area contributed by atoms with E-state index in [2.05, 4.69) is 36.2 Å². The van der Waals surface area contributed by atoms with E-state index in [1.807, 2.05) is 40.0 Å². The molecule has 0 spiro atoms. The number of β-amino-alcohol motifs (C(OH)–C–C–N with tert-alkyl or cyclic N) is 1. The number of aliphatic hydroxyl groups is 1. The van der Waals surface area contributed by atoms with Crippen LogP contribution >= 0.6 is 0 Å². The van der Waals surface area contributed by atoms with Crippen LogP contribution in [0.2, 0.25) is 0 Å². The van der Waals surface area contributed by atoms with Crippen molar-refractivity contribution in [3.63, 3.8) is 0 Å². The van der Waals surface area contributed by atoms with Gasteiger partial charge in [0.25, 0.3) is 0 Å². The molecule has 0 amide bonds. The fraction of sp³-hybridized carbons (Fsp3) is 0.750. The molecule has 19 heavy (non-hydrogen) atoms. The number of rotatable bonds is 3. The number of nitrogens with one attached hydrogen (secondary N) is 1. The number of hydrogen-bond donors (Lipinski definition) is 2. The molecule has 1 rings (SSSR count). The lowest BCUT2D eigenvalue weighted by Gasteiger charge is -2.25. The van der Waals surface area contributed by atoms with Gasteiger partial charge in [-0.05, 0) is 34.2 Å². The van der Waals surface area contributed by atoms with E-state index < -0.39 is 0 Å². The third-order valence-corrected chi connectivity index (χ3v) is 2.65. The van der Waals surface area contributed by atoms with Crippen molar-refractivity contribution < 1.29 is 5.11 Å². The van der Waals surface area contributed by atoms with Crippen LogP contribution in [-0.4, -0.2) is 48.8 Å². The summed E-state index contributed by atoms with van der Waals surface area (Å²) in [7, 11) is 1.93. The van der Waals surface area contributed by atoms with Gasteiger partial charge in [0, 0.05) is 25.7 Å². The Kier molecular flexibility index (Phi) is 16.8. The molecule has 3 heteroatoms. The molecule has 1 aliphatic rings. The Balaban J connectivity index is 0. The van der Waals surface area contributed by atoms with Gasteiger partial charge in [-0.15, -0.1) is 0 Å². The zero-order valence-electron chi connectivity index (χ0n) is 13.7. The maximum atomic E-state index is 9.38. The van der Waals surface area contributed by atoms with Crippen LogP contribution in [0.1, 0.15) is 41.0 Å². The van der Waals surface area contributed by atoms with Crippen LogP contribution in [0, 0.1) is 0 Å². The number of aliphatic hydroxyl groups excluding tert-OH is 1. The SMILES string of the molecule is C/C=C\CNC.CC.CC(C)N1CCC=CC(O)C1. The number of hydrogen-bond acceptors (Lipinski definition) is 3. The van der Waals surface area contributed by atoms with Crippen molar-refractivity contribution >= 4 is 0 Å². The van der Waals surface area contributed by atoms with Crippen LogP contribution < -0.4 is 5.32 Å². The largest absolute Gasteiger partial charge is 0.388 e. The summed E-state index contributed by atoms with van der Waals surface area (Å²) in [5.74, 6) is 0. The Bertz CT molecular complexity index is 225. The van der Waals surface area contributed by atoms with Crippen molar-refractivity contribution in [1.82, 2.24) is 10.2 Å². The first-order valence-electron chi connectivity index (χ1n) is 7.46. The Morgan fingerprint density at radius 2 is 2.05 bits per heavy atom. The van der Waals surface area contributed by atoms with Crippen LogP contribution in [-0.2, 0) is 0 Å². The molecule has 0 fully saturated rings. The molecule has 0 bridgehead atoms. The van der Waals surface area contributed by atoms with Gasteiger partial charge < -0.3 is 10.4 Å². The van der Waals surface area contributed by atoms with Crippen LogP contribution in [0.3, 0.4) is 0 Å². The molecule has 3 nitrogen and oxygen atoms in total. The van der Waals surface area contributed by atoms with E-state index in [1.54, 1.807) is 0 Å². The molecule has 114 valence electrons. The molecule has 0 aromatic rings. The minimum Gasteiger partial charge on any atom is -0.388 e. The van der Waals surface area contributed by atoms with E-state index in [0.29, 0.717) is 6.04 Å². The maximum absolute atomic E-state index is 9.38. The second kappa shape index (κ2) is 15.4. The predicted molar refractivity (Wildman–Crippen MR) is 86.6 cm³/mol. The van der Waals surface area contributed by atoms with Crippen molar-refractivity contribution in [2.75, 3.05) is 26.7 Å². The highest BCUT2D eigenvalue weighted by atomic mass is 16.3. The highest BCUT2D eigenvalue weighted by molar-refractivity contribution is 4.94. The summed E-state index contributed by atoms with van der Waals surface area (Å²) in [4.78, 5) is 2.30. The maximum Gasteiger partial charge on any atom is 0.0847 e. The van der Waals surface area contributed by atoms with E-state index >= 15 is 0 Å². The zero-order chi connectivity index (χ0) is 15.1. The second-order valence-corrected chi connectivity index (χ2v) is 4.50. The average Bonchev–Trinajstić information content (AvgIpc) is 2.64. The monoisotopic (exact) mass is 270 g/mol. The first-order chi connectivity index (χ1) is 9.11. The van der Waals surface area contributed by atoms with Gasteiger partial charge >= 0.3 is 0 Å². The van der Waals surface area contributed by atoms with Gasteiger partial charge in [0.05, 0.1) is 6.10 Å². The van der Waals surface area contributed by atoms with Crippen LogP contribution in [0.25, 0.3) is 0 Å². The molecule has 0 aromatic heterocycles. The quantitative estimate of drug-likeness (QED) is 0.774. The Morgan fingerprint density at radius 1 is 1.42 bits per heavy atom. The third kappa shape index (κ3) is 13.6. The number of nitrogens with zero attached hydrogens (tertiary/aromatic N) is 1. The van der Waals surface area contributed by atoms with Crippen LogP contribution in [0.4, 0.5) is 0 Å². The average molecular weight is 270 g/mol. The van der Waals surface area contributed by atoms with Gasteiger partial charge in [-0.3, -0.25) is 4.90 Å². The first kappa shape index (κ1) is 20.7. The van der Waals surface area contributed by atoms with Gasteiger partial charge in [0.1, 0.15) is 0 Å². The molecule has 1 aliphatic heterocycles. The first-order valence-corrected chi connectivity index (χ1v) is 7.46. The van der Waals surface area contributed by atoms with Crippen molar-refractivity contribution in [2.24, 2.45) is 0 Å². The standard InChI is InChI=1S/C9H17NO.C5H11N.C2H6/c1-8(2)10-6-4-3-5-9(11)7-10;1-3-4-5-6-2;1-2/h3,5,8-9,11H,4,6-7H2,1-2H3;3-4,6H,5H2,1-2H3;1-2H3/b;4-3-;. The summed E-state index contributed by atoms with van der Waals surface area (Å²) in [6.07, 6.45) is 8.85. The molecule has 1 heterocycles. The number of likely N-dealkylation sites (N-methyl/N-ethyl adjacent to an activating group) is 1. The van der Waals surface area contributed by atoms with Crippen molar-refractivity contribution in [2.45, 2.75) is 53.2 Å². The fourth-order valence-corrected chi connectivity index (χ4v) is 1.59. The van der Waals surface area contributed by atoms with Crippen LogP contribution in [0.15, 0.2) is 24.3 Å². The Hall–Kier alpha value is -0.640. The summed E-state index contributed by atoms with van der Waals surface area (Å²) in [5.41, 5.74) is 0. The van der Waals surface area contributed by atoms with E-state index in [1.165, 1.54) is 0 Å². The molecular weight excluding hydrogens is 236 g/mol. The van der Waals surface area contributed by atoms with E-state index in [9.17, 15) is 5.11 Å². The minimum atomic E-state index is -0.264. The Morgan fingerprint density at radius 3 is 2.47 bits per heavy atom. The molecule has 0 saturated heterocycles. The van der Waals surface area contributed by atoms with Crippen molar-refractivity contribution in [3.8, 4) is 0 Å². The molecule has 1 unspecified atom stereocenters. The molecule has 1 atom stereocenters. The molecule has 2 N–H and O–H groups in total. The summed E-state index contributed by atoms with van der Waals surface area (Å²) in [6.45, 7) is 13.2. The third-order valence-electron chi connectivity index (χ3n) is 2.65. The van der Waals surface area contributed by atoms with Crippen molar-refractivity contribution in [1.29, 1.82) is 0 Å². The smallest absolute Gasteiger partial charge is 0.0847 e. The lowest BCUT2D eigenvalue weighted by molar-refractivity contribution is 0.132. The van der Waals surface area contributed by atoms with E-state index in [0.717, 1.165) is 26.1 Å². The fourth-order valence-electron chi connectivity index (χ4n) is 1.59. The summed E-state index contributed by atoms with van der Waals surface area (Å²) in [6, 6.07) is 0.546. The van der Waals surface area contributed by atoms with Gasteiger partial charge in [-0.1, -0.05) is 38.2 Å². The Labute approximate surface area is 120 Å². The van der Waals surface area contributed by atoms with Gasteiger partial charge in [-0.25, -0.2) is 0 Å². The van der Waals surface area contributed by atoms with Gasteiger partial charge in [0.2, 0.25) is 0 Å². The molecule has 0 radical (unpaired) electrons. The number of allylic oxidation sites excluding steroid dienone is 1. The lowest BCUT2D eigenvalue weighted by atomic mass is 10.3. The summed E-state index contributed by atoms with van der Waals surface area (Å²) in [5, 5.41) is 12.4. The lowest BCUT2D eigenvalue weighted by Crippen LogP contribution is -2.36. The molecule has 0 aliphatic carbocycles. The van der Waals surface area contributed by atoms with E-state index in [-0.39, 0.29) is 6.10 Å². The topological polar surface area (TPSA) is 35.5 Å². The van der Waals surface area contributed by atoms with Crippen LogP contribution in [0.5, 0.6) is 0 Å². The normalized spacial score (nSPS) is 19.5. The van der Waals surface area contributed by atoms with Gasteiger partial charge in [-0.2, -0.15) is 0 Å². The minimum absolute atomic E-state index is 0.264. The summed E-state index contributed by atoms with van der Waals surface area (Å²) >= 11 is 0. The van der Waals surface area contributed by atoms with E-state index in [4.69, 9.17) is 0 Å². The predicted octanol–water partition coefficient (Wildman–Crippen LogP) is 2.83. The zero-order valence-corrected chi connectivity index (χ0v) is 13.7. The highest BCUT2D eigenvalue weighted by Crippen LogP contribution is 2.06. The molecular formula is C16H34N2O. The summed E-state index contributed by atoms with van der Waals surface area (Å²) < 4.78 is 0. The van der Waals surface area contributed by atoms with Crippen molar-refractivity contribution in [3.05, 3.63) is 24.3 Å². The highest BCUT2D eigenvalue weighted by Gasteiger charge is 2.13. The second-order valence-electron chi connectivity index (χ2n) is 4.50. The molecule has 0 aromatic carbocycles.